The van der Waals surface area contributed by atoms with Crippen LogP contribution in [0.2, 0.25) is 0 Å². The molecule has 0 amide bonds. The number of nitrogens with zero attached hydrogens (tertiary/aromatic N) is 2. The third-order valence-corrected chi connectivity index (χ3v) is 5.03. The Hall–Kier alpha value is -2.35. The predicted octanol–water partition coefficient (Wildman–Crippen LogP) is 5.00. The molecule has 1 aromatic heterocycles. The molecule has 0 atom stereocenters. The van der Waals surface area contributed by atoms with E-state index in [1.165, 1.54) is 0 Å². The van der Waals surface area contributed by atoms with Crippen molar-refractivity contribution in [1.82, 2.24) is 9.97 Å². The van der Waals surface area contributed by atoms with Crippen LogP contribution in [0.4, 0.5) is 11.5 Å². The Morgan fingerprint density at radius 2 is 1.75 bits per heavy atom. The largest absolute Gasteiger partial charge is 0.502 e. The number of nitrogens with one attached hydrogen (secondary N) is 1. The first-order valence-corrected chi connectivity index (χ1v) is 10.4. The number of benzene rings is 2. The number of aromatic nitrogens is 2. The number of hydrogen-bond acceptors (Lipinski definition) is 8. The number of hydrogen-bond donors (Lipinski definition) is 1. The molecule has 9 heteroatoms. The van der Waals surface area contributed by atoms with Crippen molar-refractivity contribution < 1.29 is 23.2 Å². The molecule has 2 aromatic carbocycles. The van der Waals surface area contributed by atoms with E-state index in [4.69, 9.17) is 18.6 Å². The molecule has 1 heterocycles. The van der Waals surface area contributed by atoms with Crippen LogP contribution in [-0.4, -0.2) is 23.2 Å². The minimum atomic E-state index is -3.70. The average molecular weight is 403 g/mol. The van der Waals surface area contributed by atoms with E-state index < -0.39 is 7.82 Å². The van der Waals surface area contributed by atoms with Gasteiger partial charge in [0.05, 0.1) is 30.4 Å². The summed E-state index contributed by atoms with van der Waals surface area (Å²) >= 11 is 0. The fourth-order valence-corrected chi connectivity index (χ4v) is 3.43. The van der Waals surface area contributed by atoms with Gasteiger partial charge in [0.25, 0.3) is 0 Å². The molecule has 0 saturated heterocycles. The molecule has 0 aliphatic carbocycles. The van der Waals surface area contributed by atoms with E-state index in [2.05, 4.69) is 15.3 Å². The zero-order valence-electron chi connectivity index (χ0n) is 15.7. The average Bonchev–Trinajstić information content (AvgIpc) is 2.68. The van der Waals surface area contributed by atoms with Crippen molar-refractivity contribution in [3.05, 3.63) is 60.3 Å². The fourth-order valence-electron chi connectivity index (χ4n) is 2.46. The Labute approximate surface area is 163 Å². The summed E-state index contributed by atoms with van der Waals surface area (Å²) in [7, 11) is -3.70. The topological polar surface area (TPSA) is 91.8 Å². The Balaban J connectivity index is 1.62. The molecule has 0 aliphatic rings. The zero-order valence-corrected chi connectivity index (χ0v) is 16.6. The van der Waals surface area contributed by atoms with Gasteiger partial charge < -0.3 is 5.32 Å². The molecule has 148 valence electrons. The Morgan fingerprint density at radius 3 is 2.50 bits per heavy atom. The SMILES string of the molecule is CCOP(=O)(OCC)OOCc1cccc(Nc2cnc3ccccc3n2)c1. The summed E-state index contributed by atoms with van der Waals surface area (Å²) in [5.74, 6) is 0.630. The zero-order chi connectivity index (χ0) is 19.8. The summed E-state index contributed by atoms with van der Waals surface area (Å²) in [6.07, 6.45) is 1.68. The fraction of sp³-hybridized carbons (Fsp3) is 0.263. The van der Waals surface area contributed by atoms with E-state index in [1.807, 2.05) is 48.5 Å². The normalized spacial score (nSPS) is 11.6. The Morgan fingerprint density at radius 1 is 1.00 bits per heavy atom. The van der Waals surface area contributed by atoms with E-state index in [0.717, 1.165) is 22.3 Å². The Kier molecular flexibility index (Phi) is 7.08. The van der Waals surface area contributed by atoms with Crippen LogP contribution in [0.25, 0.3) is 11.0 Å². The van der Waals surface area contributed by atoms with Gasteiger partial charge in [-0.1, -0.05) is 24.3 Å². The maximum Gasteiger partial charge on any atom is 0.502 e. The molecular formula is C19H22N3O5P. The molecule has 3 rings (SSSR count). The smallest absolute Gasteiger partial charge is 0.339 e. The van der Waals surface area contributed by atoms with Crippen LogP contribution >= 0.6 is 7.82 Å². The second-order valence-corrected chi connectivity index (χ2v) is 7.25. The summed E-state index contributed by atoms with van der Waals surface area (Å²) in [6, 6.07) is 15.1. The van der Waals surface area contributed by atoms with E-state index in [1.54, 1.807) is 20.0 Å². The molecule has 0 unspecified atom stereocenters. The lowest BCUT2D eigenvalue weighted by Gasteiger charge is -2.15. The molecule has 0 aliphatic heterocycles. The van der Waals surface area contributed by atoms with Gasteiger partial charge in [0.2, 0.25) is 0 Å². The highest BCUT2D eigenvalue weighted by atomic mass is 31.2. The minimum Gasteiger partial charge on any atom is -0.339 e. The van der Waals surface area contributed by atoms with Gasteiger partial charge >= 0.3 is 7.82 Å². The van der Waals surface area contributed by atoms with Gasteiger partial charge in [0.15, 0.2) is 0 Å². The van der Waals surface area contributed by atoms with E-state index in [-0.39, 0.29) is 19.8 Å². The van der Waals surface area contributed by atoms with Crippen molar-refractivity contribution in [2.24, 2.45) is 0 Å². The molecular weight excluding hydrogens is 381 g/mol. The van der Waals surface area contributed by atoms with Crippen molar-refractivity contribution in [1.29, 1.82) is 0 Å². The van der Waals surface area contributed by atoms with E-state index in [9.17, 15) is 4.57 Å². The van der Waals surface area contributed by atoms with Crippen LogP contribution in [0.3, 0.4) is 0 Å². The van der Waals surface area contributed by atoms with Crippen LogP contribution in [0.5, 0.6) is 0 Å². The lowest BCUT2D eigenvalue weighted by atomic mass is 10.2. The summed E-state index contributed by atoms with van der Waals surface area (Å²) in [5, 5.41) is 3.21. The highest BCUT2D eigenvalue weighted by Crippen LogP contribution is 2.49. The number of phosphoric acid groups is 1. The van der Waals surface area contributed by atoms with Gasteiger partial charge in [0, 0.05) is 5.69 Å². The molecule has 3 aromatic rings. The van der Waals surface area contributed by atoms with Crippen molar-refractivity contribution in [3.63, 3.8) is 0 Å². The molecule has 0 spiro atoms. The van der Waals surface area contributed by atoms with Gasteiger partial charge in [-0.2, -0.15) is 0 Å². The molecule has 0 bridgehead atoms. The number of fused-ring (bicyclic) bond motifs is 1. The van der Waals surface area contributed by atoms with Crippen molar-refractivity contribution in [2.75, 3.05) is 18.5 Å². The summed E-state index contributed by atoms with van der Waals surface area (Å²) < 4.78 is 27.1. The van der Waals surface area contributed by atoms with E-state index in [0.29, 0.717) is 5.82 Å². The van der Waals surface area contributed by atoms with Crippen molar-refractivity contribution in [3.8, 4) is 0 Å². The van der Waals surface area contributed by atoms with Gasteiger partial charge in [-0.25, -0.2) is 14.4 Å². The van der Waals surface area contributed by atoms with Crippen LogP contribution in [0.15, 0.2) is 54.7 Å². The predicted molar refractivity (Wildman–Crippen MR) is 106 cm³/mol. The number of anilines is 2. The van der Waals surface area contributed by atoms with Crippen molar-refractivity contribution in [2.45, 2.75) is 20.5 Å². The van der Waals surface area contributed by atoms with E-state index >= 15 is 0 Å². The van der Waals surface area contributed by atoms with Crippen LogP contribution in [0, 0.1) is 0 Å². The lowest BCUT2D eigenvalue weighted by molar-refractivity contribution is -0.236. The summed E-state index contributed by atoms with van der Waals surface area (Å²) in [4.78, 5) is 14.0. The second kappa shape index (κ2) is 9.73. The van der Waals surface area contributed by atoms with Gasteiger partial charge in [-0.05, 0) is 43.7 Å². The molecule has 0 saturated carbocycles. The highest BCUT2D eigenvalue weighted by Gasteiger charge is 2.27. The maximum absolute atomic E-state index is 12.2. The van der Waals surface area contributed by atoms with Crippen LogP contribution in [0.1, 0.15) is 19.4 Å². The van der Waals surface area contributed by atoms with Crippen LogP contribution in [-0.2, 0) is 29.8 Å². The molecule has 1 N–H and O–H groups in total. The van der Waals surface area contributed by atoms with Crippen molar-refractivity contribution >= 4 is 30.4 Å². The molecule has 0 fully saturated rings. The molecule has 0 radical (unpaired) electrons. The first-order chi connectivity index (χ1) is 13.6. The first-order valence-electron chi connectivity index (χ1n) is 8.90. The first kappa shape index (κ1) is 20.4. The molecule has 8 nitrogen and oxygen atoms in total. The highest BCUT2D eigenvalue weighted by molar-refractivity contribution is 7.48. The number of phosphoric ester groups is 1. The lowest BCUT2D eigenvalue weighted by Crippen LogP contribution is -2.02. The Bertz CT molecular complexity index is 959. The van der Waals surface area contributed by atoms with Gasteiger partial charge in [-0.15, -0.1) is 4.67 Å². The third-order valence-electron chi connectivity index (χ3n) is 3.59. The third kappa shape index (κ3) is 5.58. The number of rotatable bonds is 10. The van der Waals surface area contributed by atoms with Crippen LogP contribution < -0.4 is 5.32 Å². The second-order valence-electron chi connectivity index (χ2n) is 5.69. The standard InChI is InChI=1S/C19H22N3O5P/c1-3-25-28(23,26-4-2)27-24-14-15-8-7-9-16(12-15)21-19-13-20-17-10-5-6-11-18(17)22-19/h5-13H,3-4,14H2,1-2H3,(H,21,22). The quantitative estimate of drug-likeness (QED) is 0.287. The minimum absolute atomic E-state index is 0.0725. The maximum atomic E-state index is 12.2. The monoisotopic (exact) mass is 403 g/mol. The van der Waals surface area contributed by atoms with Gasteiger partial charge in [0.1, 0.15) is 12.4 Å². The number of para-hydroxylation sites is 2. The summed E-state index contributed by atoms with van der Waals surface area (Å²) in [6.45, 7) is 3.84. The summed E-state index contributed by atoms with van der Waals surface area (Å²) in [5.41, 5.74) is 3.25. The molecule has 28 heavy (non-hydrogen) atoms. The van der Waals surface area contributed by atoms with Gasteiger partial charge in [-0.3, -0.25) is 14.0 Å².